The van der Waals surface area contributed by atoms with E-state index >= 15 is 0 Å². The Morgan fingerprint density at radius 2 is 1.08 bits per heavy atom. The first-order valence-corrected chi connectivity index (χ1v) is 16.6. The molecule has 6 rings (SSSR count). The van der Waals surface area contributed by atoms with Crippen LogP contribution in [0.3, 0.4) is 0 Å². The minimum Gasteiger partial charge on any atom is -1.00 e. The van der Waals surface area contributed by atoms with Crippen molar-refractivity contribution in [1.29, 1.82) is 0 Å². The van der Waals surface area contributed by atoms with Crippen LogP contribution in [0, 0.1) is 0 Å². The second-order valence-corrected chi connectivity index (χ2v) is 18.3. The Bertz CT molecular complexity index is 800. The van der Waals surface area contributed by atoms with Gasteiger partial charge in [0.05, 0.1) is 0 Å². The molecule has 4 aliphatic rings. The molecule has 24 heavy (non-hydrogen) atoms. The molecule has 2 unspecified atom stereocenters. The quantitative estimate of drug-likeness (QED) is 0.434. The maximum absolute atomic E-state index is 2.54. The molecular weight excluding hydrogens is 430 g/mol. The van der Waals surface area contributed by atoms with E-state index in [4.69, 9.17) is 0 Å². The molecule has 2 aliphatic carbocycles. The van der Waals surface area contributed by atoms with E-state index in [1.807, 2.05) is 6.56 Å². The Morgan fingerprint density at radius 3 is 1.50 bits per heavy atom. The molecule has 1 spiro atoms. The maximum Gasteiger partial charge on any atom is 0.0135 e. The molecule has 0 saturated carbocycles. The van der Waals surface area contributed by atoms with Crippen LogP contribution in [0.1, 0.15) is 29.5 Å². The third-order valence-corrected chi connectivity index (χ3v) is 18.4. The molecule has 0 N–H and O–H groups in total. The van der Waals surface area contributed by atoms with Gasteiger partial charge in [0.15, 0.2) is 0 Å². The number of rotatable bonds is 0. The van der Waals surface area contributed by atoms with Gasteiger partial charge in [0, 0.05) is 9.52 Å². The molecule has 0 bridgehead atoms. The molecule has 2 aliphatic heterocycles. The summed E-state index contributed by atoms with van der Waals surface area (Å²) < 4.78 is 5.60. The van der Waals surface area contributed by atoms with Crippen molar-refractivity contribution < 1.29 is 45.1 Å². The van der Waals surface area contributed by atoms with Gasteiger partial charge in [-0.2, -0.15) is 0 Å². The minimum absolute atomic E-state index is 0. The van der Waals surface area contributed by atoms with Crippen molar-refractivity contribution in [2.24, 2.45) is 0 Å². The van der Waals surface area contributed by atoms with Gasteiger partial charge in [0.2, 0.25) is 0 Å². The Hall–Kier alpha value is -0.400. The summed E-state index contributed by atoms with van der Waals surface area (Å²) >= 11 is -2.01. The Labute approximate surface area is 163 Å². The van der Waals surface area contributed by atoms with Crippen LogP contribution in [0.4, 0.5) is 0 Å². The van der Waals surface area contributed by atoms with Crippen molar-refractivity contribution in [3.63, 3.8) is 0 Å². The van der Waals surface area contributed by atoms with Crippen LogP contribution in [-0.4, -0.2) is 9.52 Å². The number of hydrogen-bond donors (Lipinski definition) is 0. The number of hydrogen-bond acceptors (Lipinski definition) is 0. The fourth-order valence-electron chi connectivity index (χ4n) is 4.78. The van der Waals surface area contributed by atoms with Crippen LogP contribution in [0.15, 0.2) is 55.1 Å². The van der Waals surface area contributed by atoms with Crippen molar-refractivity contribution in [3.05, 3.63) is 77.3 Å². The Kier molecular flexibility index (Phi) is 4.90. The molecule has 4 heteroatoms. The van der Waals surface area contributed by atoms with Gasteiger partial charge in [-0.3, -0.25) is 0 Å². The largest absolute Gasteiger partial charge is 1.00 e. The van der Waals surface area contributed by atoms with Crippen LogP contribution >= 0.6 is 0 Å². The number of fused-ring (bicyclic) bond motifs is 10. The summed E-state index contributed by atoms with van der Waals surface area (Å²) in [5.74, 6) is 0. The second kappa shape index (κ2) is 6.40. The van der Waals surface area contributed by atoms with E-state index in [1.165, 1.54) is 11.1 Å². The van der Waals surface area contributed by atoms with Gasteiger partial charge in [-0.1, -0.05) is 13.1 Å². The zero-order valence-corrected chi connectivity index (χ0v) is 19.3. The van der Waals surface area contributed by atoms with Crippen LogP contribution in [0.25, 0.3) is 12.2 Å². The Morgan fingerprint density at radius 1 is 0.708 bits per heavy atom. The molecule has 122 valence electrons. The summed E-state index contributed by atoms with van der Waals surface area (Å²) in [5.41, 5.74) is 6.31. The zero-order valence-electron chi connectivity index (χ0n) is 13.9. The third kappa shape index (κ3) is 2.13. The predicted molar refractivity (Wildman–Crippen MR) is 94.6 cm³/mol. The minimum atomic E-state index is -2.01. The fourth-order valence-corrected chi connectivity index (χ4v) is 23.0. The molecule has 2 heterocycles. The summed E-state index contributed by atoms with van der Waals surface area (Å²) in [7, 11) is 0.417. The fraction of sp³-hybridized carbons (Fsp3) is 0.200. The van der Waals surface area contributed by atoms with Crippen LogP contribution in [0.5, 0.6) is 0 Å². The summed E-state index contributed by atoms with van der Waals surface area (Å²) in [4.78, 5) is 0. The number of allylic oxidation sites excluding steroid dienone is 2. The summed E-state index contributed by atoms with van der Waals surface area (Å²) in [5, 5.41) is 0. The van der Waals surface area contributed by atoms with Gasteiger partial charge in [-0.05, 0) is 0 Å². The average molecular weight is 451 g/mol. The Balaban J connectivity index is 0.000000318. The van der Waals surface area contributed by atoms with E-state index in [-0.39, 0.29) is 24.8 Å². The molecule has 0 amide bonds. The number of halogens is 2. The maximum atomic E-state index is 2.54. The van der Waals surface area contributed by atoms with E-state index in [9.17, 15) is 0 Å². The summed E-state index contributed by atoms with van der Waals surface area (Å²) in [6, 6.07) is 18.1. The zero-order chi connectivity index (χ0) is 14.9. The van der Waals surface area contributed by atoms with Crippen LogP contribution < -0.4 is 24.8 Å². The molecule has 2 saturated heterocycles. The van der Waals surface area contributed by atoms with E-state index in [0.29, 0.717) is 9.52 Å². The topological polar surface area (TPSA) is 0 Å². The second-order valence-electron chi connectivity index (χ2n) is 6.90. The van der Waals surface area contributed by atoms with Crippen molar-refractivity contribution >= 4 is 21.7 Å². The van der Waals surface area contributed by atoms with Gasteiger partial charge >= 0.3 is 117 Å². The van der Waals surface area contributed by atoms with Gasteiger partial charge < -0.3 is 24.8 Å². The molecule has 2 atom stereocenters. The smallest absolute Gasteiger partial charge is 0.0135 e. The van der Waals surface area contributed by atoms with E-state index in [0.717, 1.165) is 7.25 Å². The van der Waals surface area contributed by atoms with E-state index in [1.54, 1.807) is 11.1 Å². The van der Waals surface area contributed by atoms with Gasteiger partial charge in [-0.15, -0.1) is 0 Å². The molecule has 2 aromatic rings. The molecular formula is C20H20Cl2SiZr. The molecule has 0 nitrogen and oxygen atoms in total. The van der Waals surface area contributed by atoms with Crippen molar-refractivity contribution in [2.45, 2.75) is 20.3 Å². The van der Waals surface area contributed by atoms with Crippen molar-refractivity contribution in [2.75, 3.05) is 0 Å². The predicted octanol–water partition coefficient (Wildman–Crippen LogP) is -1.38. The monoisotopic (exact) mass is 448 g/mol. The van der Waals surface area contributed by atoms with Crippen LogP contribution in [-0.2, 0) is 20.3 Å². The first-order valence-electron chi connectivity index (χ1n) is 8.46. The normalized spacial score (nSPS) is 25.1. The standard InChI is InChI=1S/2C9H6.C2H8Si.2ClH.Zr/c2*1-2-5-9-7-3-6-8(9)4-1;1-3-2;;;/h2*1-2,4-7H;3H2,1-2H3;2*1H;/q;;;;;+2/p-2. The molecule has 0 aromatic heterocycles. The summed E-state index contributed by atoms with van der Waals surface area (Å²) in [6.07, 6.45) is 5.08. The van der Waals surface area contributed by atoms with E-state index < -0.39 is 20.3 Å². The third-order valence-electron chi connectivity index (χ3n) is 5.56. The first-order chi connectivity index (χ1) is 10.8. The van der Waals surface area contributed by atoms with Gasteiger partial charge in [0.25, 0.3) is 0 Å². The first kappa shape index (κ1) is 18.4. The van der Waals surface area contributed by atoms with Crippen LogP contribution in [0.2, 0.25) is 13.1 Å². The van der Waals surface area contributed by atoms with Crippen molar-refractivity contribution in [1.82, 2.24) is 0 Å². The SMILES string of the molecule is C1=[C]2[CH](c3ccccc31)[Zr+2]21[C]2=Cc3ccccc3[CH]21.C[SiH2]C.[Cl-].[Cl-]. The van der Waals surface area contributed by atoms with Crippen molar-refractivity contribution in [3.8, 4) is 0 Å². The van der Waals surface area contributed by atoms with Gasteiger partial charge in [0.1, 0.15) is 0 Å². The van der Waals surface area contributed by atoms with Gasteiger partial charge in [-0.25, -0.2) is 0 Å². The average Bonchev–Trinajstić information content (AvgIpc) is 3.20. The molecule has 2 aromatic carbocycles. The molecule has 0 radical (unpaired) electrons. The van der Waals surface area contributed by atoms with E-state index in [2.05, 4.69) is 73.8 Å². The number of benzene rings is 2. The summed E-state index contributed by atoms with van der Waals surface area (Å²) in [6.45, 7) is 4.53. The molecule has 2 fully saturated rings.